The van der Waals surface area contributed by atoms with E-state index in [0.717, 1.165) is 38.5 Å². The summed E-state index contributed by atoms with van der Waals surface area (Å²) in [5.41, 5.74) is 0. The van der Waals surface area contributed by atoms with Crippen molar-refractivity contribution >= 4 is 10.0 Å². The number of sulfonamides is 1. The normalized spacial score (nSPS) is 23.3. The van der Waals surface area contributed by atoms with Gasteiger partial charge in [0.05, 0.1) is 5.25 Å². The summed E-state index contributed by atoms with van der Waals surface area (Å²) < 4.78 is 22.8. The molecule has 1 rings (SSSR count). The van der Waals surface area contributed by atoms with Gasteiger partial charge in [-0.25, -0.2) is 13.6 Å². The predicted molar refractivity (Wildman–Crippen MR) is 67.7 cm³/mol. The Morgan fingerprint density at radius 2 is 1.00 bits per heavy atom. The maximum absolute atomic E-state index is 11.4. The zero-order valence-corrected chi connectivity index (χ0v) is 11.0. The van der Waals surface area contributed by atoms with Gasteiger partial charge in [-0.3, -0.25) is 0 Å². The van der Waals surface area contributed by atoms with E-state index in [1.807, 2.05) is 0 Å². The van der Waals surface area contributed by atoms with Crippen molar-refractivity contribution in [2.75, 3.05) is 0 Å². The topological polar surface area (TPSA) is 60.2 Å². The molecule has 96 valence electrons. The molecule has 0 unspecified atom stereocenters. The highest BCUT2D eigenvalue weighted by molar-refractivity contribution is 7.89. The average Bonchev–Trinajstić information content (AvgIpc) is 2.16. The molecule has 0 spiro atoms. The first-order chi connectivity index (χ1) is 7.61. The lowest BCUT2D eigenvalue weighted by Gasteiger charge is -2.15. The van der Waals surface area contributed by atoms with Crippen LogP contribution in [0.2, 0.25) is 0 Å². The second-order valence-corrected chi connectivity index (χ2v) is 6.82. The number of primary sulfonamides is 1. The third-order valence-corrected chi connectivity index (χ3v) is 4.92. The minimum Gasteiger partial charge on any atom is -0.228 e. The molecule has 0 bridgehead atoms. The van der Waals surface area contributed by atoms with Gasteiger partial charge in [0.2, 0.25) is 10.0 Å². The summed E-state index contributed by atoms with van der Waals surface area (Å²) in [7, 11) is -3.31. The molecule has 0 atom stereocenters. The lowest BCUT2D eigenvalue weighted by atomic mass is 10.0. The zero-order valence-electron chi connectivity index (χ0n) is 10.2. The first-order valence-electron chi connectivity index (χ1n) is 6.62. The molecule has 4 heteroatoms. The molecule has 0 saturated heterocycles. The van der Waals surface area contributed by atoms with Crippen molar-refractivity contribution in [3.63, 3.8) is 0 Å². The molecule has 2 N–H and O–H groups in total. The summed E-state index contributed by atoms with van der Waals surface area (Å²) in [5, 5.41) is 4.98. The van der Waals surface area contributed by atoms with Crippen LogP contribution in [-0.2, 0) is 10.0 Å². The van der Waals surface area contributed by atoms with Crippen molar-refractivity contribution in [2.24, 2.45) is 5.14 Å². The molecule has 1 aliphatic rings. The summed E-state index contributed by atoms with van der Waals surface area (Å²) in [6.07, 6.45) is 12.3. The van der Waals surface area contributed by atoms with Crippen molar-refractivity contribution in [3.05, 3.63) is 0 Å². The smallest absolute Gasteiger partial charge is 0.211 e. The van der Waals surface area contributed by atoms with Gasteiger partial charge in [0.15, 0.2) is 0 Å². The Morgan fingerprint density at radius 1 is 0.688 bits per heavy atom. The van der Waals surface area contributed by atoms with Crippen LogP contribution in [0.3, 0.4) is 0 Å². The molecule has 1 saturated carbocycles. The van der Waals surface area contributed by atoms with E-state index in [1.54, 1.807) is 0 Å². The second-order valence-electron chi connectivity index (χ2n) is 4.97. The Labute approximate surface area is 99.8 Å². The van der Waals surface area contributed by atoms with Gasteiger partial charge in [0, 0.05) is 0 Å². The van der Waals surface area contributed by atoms with Crippen molar-refractivity contribution in [1.82, 2.24) is 0 Å². The first kappa shape index (κ1) is 14.0. The van der Waals surface area contributed by atoms with Gasteiger partial charge >= 0.3 is 0 Å². The molecule has 3 nitrogen and oxygen atoms in total. The summed E-state index contributed by atoms with van der Waals surface area (Å²) in [6.45, 7) is 0. The average molecular weight is 247 g/mol. The third-order valence-electron chi connectivity index (χ3n) is 3.52. The second kappa shape index (κ2) is 7.28. The molecule has 1 aliphatic carbocycles. The molecule has 0 amide bonds. The van der Waals surface area contributed by atoms with E-state index in [0.29, 0.717) is 0 Å². The Morgan fingerprint density at radius 3 is 1.31 bits per heavy atom. The highest BCUT2D eigenvalue weighted by Gasteiger charge is 2.20. The standard InChI is InChI=1S/C12H25NO2S/c13-16(14,15)12-10-8-6-4-2-1-3-5-7-9-11-12/h12H,1-11H2,(H2,13,14,15). The fourth-order valence-corrected chi connectivity index (χ4v) is 3.44. The van der Waals surface area contributed by atoms with E-state index in [-0.39, 0.29) is 5.25 Å². The quantitative estimate of drug-likeness (QED) is 0.774. The van der Waals surface area contributed by atoms with E-state index in [1.165, 1.54) is 32.1 Å². The lowest BCUT2D eigenvalue weighted by Crippen LogP contribution is -2.28. The van der Waals surface area contributed by atoms with E-state index in [4.69, 9.17) is 5.14 Å². The van der Waals surface area contributed by atoms with Crippen LogP contribution in [0.1, 0.15) is 70.6 Å². The molecular formula is C12H25NO2S. The first-order valence-corrected chi connectivity index (χ1v) is 8.23. The summed E-state index contributed by atoms with van der Waals surface area (Å²) in [4.78, 5) is 0. The van der Waals surface area contributed by atoms with Gasteiger partial charge in [-0.15, -0.1) is 0 Å². The van der Waals surface area contributed by atoms with Crippen LogP contribution < -0.4 is 5.14 Å². The third kappa shape index (κ3) is 5.85. The van der Waals surface area contributed by atoms with Gasteiger partial charge in [0.1, 0.15) is 0 Å². The zero-order chi connectivity index (χ0) is 11.9. The van der Waals surface area contributed by atoms with Gasteiger partial charge in [-0.05, 0) is 12.8 Å². The molecule has 0 heterocycles. The Hall–Kier alpha value is -0.0900. The van der Waals surface area contributed by atoms with Gasteiger partial charge < -0.3 is 0 Å². The molecule has 16 heavy (non-hydrogen) atoms. The van der Waals surface area contributed by atoms with E-state index >= 15 is 0 Å². The monoisotopic (exact) mass is 247 g/mol. The molecule has 1 fully saturated rings. The molecule has 0 aromatic heterocycles. The van der Waals surface area contributed by atoms with Crippen LogP contribution in [-0.4, -0.2) is 13.7 Å². The van der Waals surface area contributed by atoms with E-state index in [2.05, 4.69) is 0 Å². The van der Waals surface area contributed by atoms with Crippen LogP contribution in [0.25, 0.3) is 0 Å². The minimum atomic E-state index is -3.31. The maximum atomic E-state index is 11.4. The van der Waals surface area contributed by atoms with Crippen LogP contribution in [0, 0.1) is 0 Å². The molecule has 0 aliphatic heterocycles. The molecule has 0 radical (unpaired) electrons. The highest BCUT2D eigenvalue weighted by atomic mass is 32.2. The predicted octanol–water partition coefficient (Wildman–Crippen LogP) is 2.95. The number of hydrogen-bond acceptors (Lipinski definition) is 2. The molecular weight excluding hydrogens is 222 g/mol. The Bertz CT molecular complexity index is 263. The van der Waals surface area contributed by atoms with Gasteiger partial charge in [-0.1, -0.05) is 57.8 Å². The number of nitrogens with two attached hydrogens (primary N) is 1. The van der Waals surface area contributed by atoms with Crippen LogP contribution in [0.5, 0.6) is 0 Å². The number of hydrogen-bond donors (Lipinski definition) is 1. The SMILES string of the molecule is NS(=O)(=O)C1CCCCCCCCCCC1. The summed E-state index contributed by atoms with van der Waals surface area (Å²) >= 11 is 0. The highest BCUT2D eigenvalue weighted by Crippen LogP contribution is 2.19. The fourth-order valence-electron chi connectivity index (χ4n) is 2.45. The minimum absolute atomic E-state index is 0.285. The van der Waals surface area contributed by atoms with Crippen molar-refractivity contribution in [2.45, 2.75) is 75.9 Å². The summed E-state index contributed by atoms with van der Waals surface area (Å²) in [5.74, 6) is 0. The van der Waals surface area contributed by atoms with Crippen LogP contribution in [0.4, 0.5) is 0 Å². The van der Waals surface area contributed by atoms with Gasteiger partial charge in [-0.2, -0.15) is 0 Å². The summed E-state index contributed by atoms with van der Waals surface area (Å²) in [6, 6.07) is 0. The Balaban J connectivity index is 2.42. The lowest BCUT2D eigenvalue weighted by molar-refractivity contribution is 0.492. The van der Waals surface area contributed by atoms with E-state index in [9.17, 15) is 8.42 Å². The van der Waals surface area contributed by atoms with Crippen molar-refractivity contribution in [1.29, 1.82) is 0 Å². The Kier molecular flexibility index (Phi) is 6.36. The molecule has 0 aromatic carbocycles. The molecule has 0 aromatic rings. The number of rotatable bonds is 1. The fraction of sp³-hybridized carbons (Fsp3) is 1.00. The largest absolute Gasteiger partial charge is 0.228 e. The van der Waals surface area contributed by atoms with Crippen LogP contribution in [0.15, 0.2) is 0 Å². The van der Waals surface area contributed by atoms with Gasteiger partial charge in [0.25, 0.3) is 0 Å². The maximum Gasteiger partial charge on any atom is 0.211 e. The van der Waals surface area contributed by atoms with E-state index < -0.39 is 10.0 Å². The van der Waals surface area contributed by atoms with Crippen molar-refractivity contribution in [3.8, 4) is 0 Å². The van der Waals surface area contributed by atoms with Crippen LogP contribution >= 0.6 is 0 Å². The van der Waals surface area contributed by atoms with Crippen molar-refractivity contribution < 1.29 is 8.42 Å².